The molecule has 0 aromatic heterocycles. The van der Waals surface area contributed by atoms with E-state index in [-0.39, 0.29) is 0 Å². The minimum Gasteiger partial charge on any atom is -0.328 e. The van der Waals surface area contributed by atoms with E-state index in [2.05, 4.69) is 50.8 Å². The summed E-state index contributed by atoms with van der Waals surface area (Å²) in [6.07, 6.45) is 2.24. The zero-order chi connectivity index (χ0) is 13.3. The molecule has 1 saturated heterocycles. The van der Waals surface area contributed by atoms with E-state index in [1.807, 2.05) is 0 Å². The van der Waals surface area contributed by atoms with Gasteiger partial charge in [-0.15, -0.1) is 0 Å². The minimum absolute atomic E-state index is 0.392. The monoisotopic (exact) mass is 246 g/mol. The molecule has 18 heavy (non-hydrogen) atoms. The predicted molar refractivity (Wildman–Crippen MR) is 77.7 cm³/mol. The molecule has 1 fully saturated rings. The van der Waals surface area contributed by atoms with Crippen LogP contribution < -0.4 is 5.73 Å². The van der Waals surface area contributed by atoms with Gasteiger partial charge in [-0.1, -0.05) is 18.2 Å². The molecule has 0 aliphatic carbocycles. The summed E-state index contributed by atoms with van der Waals surface area (Å²) >= 11 is 0. The van der Waals surface area contributed by atoms with Crippen molar-refractivity contribution in [3.05, 3.63) is 34.9 Å². The average Bonchev–Trinajstić information content (AvgIpc) is 2.32. The van der Waals surface area contributed by atoms with Gasteiger partial charge in [0.2, 0.25) is 0 Å². The van der Waals surface area contributed by atoms with Gasteiger partial charge in [-0.25, -0.2) is 0 Å². The second-order valence-corrected chi connectivity index (χ2v) is 5.89. The fourth-order valence-corrected chi connectivity index (χ4v) is 3.02. The first-order valence-electron chi connectivity index (χ1n) is 7.07. The predicted octanol–water partition coefficient (Wildman–Crippen LogP) is 3.18. The third-order valence-electron chi connectivity index (χ3n) is 4.48. The van der Waals surface area contributed by atoms with Crippen LogP contribution in [-0.4, -0.2) is 23.5 Å². The lowest BCUT2D eigenvalue weighted by atomic mass is 9.94. The molecule has 0 saturated carbocycles. The number of aryl methyl sites for hydroxylation is 2. The first-order valence-corrected chi connectivity index (χ1v) is 7.07. The maximum atomic E-state index is 6.04. The quantitative estimate of drug-likeness (QED) is 0.868. The van der Waals surface area contributed by atoms with Crippen molar-refractivity contribution >= 4 is 0 Å². The lowest BCUT2D eigenvalue weighted by Gasteiger charge is -2.40. The molecule has 1 heterocycles. The van der Waals surface area contributed by atoms with Crippen molar-refractivity contribution < 1.29 is 0 Å². The van der Waals surface area contributed by atoms with Crippen LogP contribution in [0.3, 0.4) is 0 Å². The zero-order valence-electron chi connectivity index (χ0n) is 12.1. The maximum absolute atomic E-state index is 6.04. The van der Waals surface area contributed by atoms with E-state index < -0.39 is 0 Å². The Morgan fingerprint density at radius 1 is 1.28 bits per heavy atom. The number of nitrogens with two attached hydrogens (primary N) is 1. The Bertz CT molecular complexity index is 414. The van der Waals surface area contributed by atoms with Gasteiger partial charge in [0.1, 0.15) is 0 Å². The largest absolute Gasteiger partial charge is 0.328 e. The van der Waals surface area contributed by atoms with Gasteiger partial charge in [0.15, 0.2) is 0 Å². The summed E-state index contributed by atoms with van der Waals surface area (Å²) in [5.74, 6) is 0. The Morgan fingerprint density at radius 2 is 2.00 bits per heavy atom. The van der Waals surface area contributed by atoms with Crippen molar-refractivity contribution in [2.75, 3.05) is 6.54 Å². The van der Waals surface area contributed by atoms with Crippen LogP contribution in [0.15, 0.2) is 18.2 Å². The highest BCUT2D eigenvalue weighted by Gasteiger charge is 2.27. The zero-order valence-corrected chi connectivity index (χ0v) is 12.1. The van der Waals surface area contributed by atoms with Crippen LogP contribution in [0.5, 0.6) is 0 Å². The second-order valence-electron chi connectivity index (χ2n) is 5.89. The molecule has 0 bridgehead atoms. The Morgan fingerprint density at radius 3 is 2.61 bits per heavy atom. The molecule has 1 aliphatic rings. The van der Waals surface area contributed by atoms with Gasteiger partial charge in [-0.2, -0.15) is 0 Å². The van der Waals surface area contributed by atoms with Crippen LogP contribution in [0.25, 0.3) is 0 Å². The van der Waals surface area contributed by atoms with Crippen molar-refractivity contribution in [2.24, 2.45) is 5.73 Å². The molecule has 1 aromatic rings. The maximum Gasteiger partial charge on any atom is 0.0322 e. The Labute approximate surface area is 111 Å². The van der Waals surface area contributed by atoms with Crippen LogP contribution in [0.4, 0.5) is 0 Å². The fraction of sp³-hybridized carbons (Fsp3) is 0.625. The summed E-state index contributed by atoms with van der Waals surface area (Å²) in [5.41, 5.74) is 10.2. The van der Waals surface area contributed by atoms with Crippen molar-refractivity contribution in [3.8, 4) is 0 Å². The highest BCUT2D eigenvalue weighted by Crippen LogP contribution is 2.28. The number of benzene rings is 1. The molecule has 2 N–H and O–H groups in total. The van der Waals surface area contributed by atoms with Crippen molar-refractivity contribution in [3.63, 3.8) is 0 Å². The lowest BCUT2D eigenvalue weighted by molar-refractivity contribution is 0.104. The number of likely N-dealkylation sites (tertiary alicyclic amines) is 1. The van der Waals surface area contributed by atoms with Gasteiger partial charge in [-0.3, -0.25) is 4.90 Å². The third kappa shape index (κ3) is 2.76. The SMILES string of the molecule is Cc1ccc(C(C)N2CCC(N)CC2C)cc1C. The van der Waals surface area contributed by atoms with Gasteiger partial charge in [0.05, 0.1) is 0 Å². The Kier molecular flexibility index (Phi) is 4.08. The average molecular weight is 246 g/mol. The van der Waals surface area contributed by atoms with Crippen LogP contribution in [0.1, 0.15) is 49.4 Å². The van der Waals surface area contributed by atoms with E-state index in [1.165, 1.54) is 16.7 Å². The summed E-state index contributed by atoms with van der Waals surface area (Å²) in [7, 11) is 0. The smallest absolute Gasteiger partial charge is 0.0322 e. The molecule has 100 valence electrons. The van der Waals surface area contributed by atoms with Crippen LogP contribution in [-0.2, 0) is 0 Å². The van der Waals surface area contributed by atoms with Crippen LogP contribution in [0.2, 0.25) is 0 Å². The van der Waals surface area contributed by atoms with Crippen LogP contribution in [0, 0.1) is 13.8 Å². The summed E-state index contributed by atoms with van der Waals surface area (Å²) < 4.78 is 0. The molecule has 0 spiro atoms. The number of piperidine rings is 1. The van der Waals surface area contributed by atoms with E-state index in [9.17, 15) is 0 Å². The van der Waals surface area contributed by atoms with Gasteiger partial charge in [-0.05, 0) is 57.2 Å². The van der Waals surface area contributed by atoms with Gasteiger partial charge in [0, 0.05) is 24.7 Å². The van der Waals surface area contributed by atoms with E-state index in [0.717, 1.165) is 19.4 Å². The molecule has 1 aliphatic heterocycles. The number of nitrogens with zero attached hydrogens (tertiary/aromatic N) is 1. The first-order chi connectivity index (χ1) is 8.49. The Balaban J connectivity index is 2.15. The van der Waals surface area contributed by atoms with Gasteiger partial charge < -0.3 is 5.73 Å². The normalized spacial score (nSPS) is 27.2. The first kappa shape index (κ1) is 13.6. The van der Waals surface area contributed by atoms with Crippen molar-refractivity contribution in [2.45, 2.75) is 58.7 Å². The topological polar surface area (TPSA) is 29.3 Å². The minimum atomic E-state index is 0.392. The number of hydrogen-bond donors (Lipinski definition) is 1. The molecule has 2 rings (SSSR count). The standard InChI is InChI=1S/C16H26N2/c1-11-5-6-15(9-12(11)2)14(4)18-8-7-16(17)10-13(18)3/h5-6,9,13-14,16H,7-8,10,17H2,1-4H3. The molecule has 2 nitrogen and oxygen atoms in total. The van der Waals surface area contributed by atoms with E-state index in [4.69, 9.17) is 5.73 Å². The molecular weight excluding hydrogens is 220 g/mol. The van der Waals surface area contributed by atoms with Crippen molar-refractivity contribution in [1.82, 2.24) is 4.90 Å². The number of rotatable bonds is 2. The molecule has 2 heteroatoms. The third-order valence-corrected chi connectivity index (χ3v) is 4.48. The molecule has 0 amide bonds. The molecule has 1 aromatic carbocycles. The van der Waals surface area contributed by atoms with E-state index in [1.54, 1.807) is 0 Å². The van der Waals surface area contributed by atoms with Gasteiger partial charge in [0.25, 0.3) is 0 Å². The van der Waals surface area contributed by atoms with Crippen molar-refractivity contribution in [1.29, 1.82) is 0 Å². The fourth-order valence-electron chi connectivity index (χ4n) is 3.02. The lowest BCUT2D eigenvalue weighted by Crippen LogP contribution is -2.46. The Hall–Kier alpha value is -0.860. The second kappa shape index (κ2) is 5.41. The molecule has 0 radical (unpaired) electrons. The van der Waals surface area contributed by atoms with Gasteiger partial charge >= 0.3 is 0 Å². The highest BCUT2D eigenvalue weighted by molar-refractivity contribution is 5.31. The summed E-state index contributed by atoms with van der Waals surface area (Å²) in [6, 6.07) is 8.32. The highest BCUT2D eigenvalue weighted by atomic mass is 15.2. The number of hydrogen-bond acceptors (Lipinski definition) is 2. The van der Waals surface area contributed by atoms with E-state index >= 15 is 0 Å². The summed E-state index contributed by atoms with van der Waals surface area (Å²) in [4.78, 5) is 2.59. The molecular formula is C16H26N2. The summed E-state index contributed by atoms with van der Waals surface area (Å²) in [5, 5.41) is 0. The van der Waals surface area contributed by atoms with Crippen LogP contribution >= 0.6 is 0 Å². The molecule has 3 atom stereocenters. The van der Waals surface area contributed by atoms with E-state index in [0.29, 0.717) is 18.1 Å². The molecule has 3 unspecified atom stereocenters. The summed E-state index contributed by atoms with van der Waals surface area (Å²) in [6.45, 7) is 10.1.